The molecule has 25 heavy (non-hydrogen) atoms. The summed E-state index contributed by atoms with van der Waals surface area (Å²) in [5.74, 6) is -0.237. The van der Waals surface area contributed by atoms with Crippen molar-refractivity contribution in [2.75, 3.05) is 6.54 Å². The summed E-state index contributed by atoms with van der Waals surface area (Å²) in [6.07, 6.45) is 4.38. The van der Waals surface area contributed by atoms with Gasteiger partial charge in [0.25, 0.3) is 11.5 Å². The third-order valence-corrected chi connectivity index (χ3v) is 4.44. The first-order valence-electron chi connectivity index (χ1n) is 8.07. The highest BCUT2D eigenvalue weighted by molar-refractivity contribution is 5.94. The van der Waals surface area contributed by atoms with Gasteiger partial charge >= 0.3 is 0 Å². The van der Waals surface area contributed by atoms with Gasteiger partial charge in [0, 0.05) is 30.6 Å². The van der Waals surface area contributed by atoms with Crippen LogP contribution in [0.25, 0.3) is 5.65 Å². The molecule has 4 heterocycles. The molecule has 0 aliphatic carbocycles. The van der Waals surface area contributed by atoms with Gasteiger partial charge in [-0.25, -0.2) is 9.50 Å². The number of aromatic amines is 1. The molecule has 1 amide bonds. The number of aromatic nitrogens is 4. The number of pyridine rings is 1. The summed E-state index contributed by atoms with van der Waals surface area (Å²) in [4.78, 5) is 34.8. The molecule has 128 valence electrons. The number of hydrogen-bond donors (Lipinski definition) is 2. The molecule has 1 atom stereocenters. The summed E-state index contributed by atoms with van der Waals surface area (Å²) in [6.45, 7) is 2.38. The van der Waals surface area contributed by atoms with Crippen molar-refractivity contribution in [1.29, 1.82) is 0 Å². The van der Waals surface area contributed by atoms with Crippen molar-refractivity contribution in [3.05, 3.63) is 57.9 Å². The van der Waals surface area contributed by atoms with E-state index in [1.807, 2.05) is 6.07 Å². The number of nitrogens with one attached hydrogen (secondary N) is 1. The van der Waals surface area contributed by atoms with Crippen LogP contribution < -0.4 is 5.56 Å². The average molecular weight is 339 g/mol. The zero-order chi connectivity index (χ0) is 17.6. The molecule has 3 aromatic rings. The summed E-state index contributed by atoms with van der Waals surface area (Å²) >= 11 is 0. The van der Waals surface area contributed by atoms with Crippen molar-refractivity contribution in [2.24, 2.45) is 0 Å². The van der Waals surface area contributed by atoms with Crippen LogP contribution in [0.15, 0.2) is 35.4 Å². The predicted molar refractivity (Wildman–Crippen MR) is 89.5 cm³/mol. The Bertz CT molecular complexity index is 1020. The third kappa shape index (κ3) is 2.65. The smallest absolute Gasteiger partial charge is 0.272 e. The molecular formula is C17H17N5O3. The second-order valence-electron chi connectivity index (χ2n) is 6.23. The molecular weight excluding hydrogens is 322 g/mol. The molecule has 0 spiro atoms. The normalized spacial score (nSPS) is 17.3. The van der Waals surface area contributed by atoms with Gasteiger partial charge in [-0.15, -0.1) is 0 Å². The lowest BCUT2D eigenvalue weighted by Gasteiger charge is -2.23. The van der Waals surface area contributed by atoms with Crippen LogP contribution in [-0.4, -0.2) is 42.0 Å². The average Bonchev–Trinajstić information content (AvgIpc) is 3.20. The van der Waals surface area contributed by atoms with Crippen LogP contribution in [0, 0.1) is 6.92 Å². The fraction of sp³-hybridized carbons (Fsp3) is 0.294. The van der Waals surface area contributed by atoms with Crippen LogP contribution in [0.1, 0.15) is 40.6 Å². The molecule has 0 radical (unpaired) electrons. The first-order chi connectivity index (χ1) is 12.0. The second kappa shape index (κ2) is 5.73. The fourth-order valence-corrected chi connectivity index (χ4v) is 3.34. The summed E-state index contributed by atoms with van der Waals surface area (Å²) in [5, 5.41) is 12.6. The number of hydrogen-bond acceptors (Lipinski definition) is 5. The van der Waals surface area contributed by atoms with Gasteiger partial charge in [-0.3, -0.25) is 19.7 Å². The number of nitrogens with zero attached hydrogens (tertiary/aromatic N) is 4. The molecule has 8 nitrogen and oxygen atoms in total. The van der Waals surface area contributed by atoms with Crippen LogP contribution >= 0.6 is 0 Å². The zero-order valence-corrected chi connectivity index (χ0v) is 13.6. The van der Waals surface area contributed by atoms with E-state index in [0.29, 0.717) is 23.4 Å². The van der Waals surface area contributed by atoms with E-state index in [9.17, 15) is 14.7 Å². The molecule has 8 heteroatoms. The summed E-state index contributed by atoms with van der Waals surface area (Å²) in [7, 11) is 0. The van der Waals surface area contributed by atoms with Crippen LogP contribution in [0.4, 0.5) is 0 Å². The maximum absolute atomic E-state index is 12.8. The SMILES string of the molecule is Cc1cc(=O)n2[nH]c(C3CCCN3C(=O)c3cncc(O)c3)cc2n1. The Morgan fingerprint density at radius 3 is 2.96 bits per heavy atom. The Morgan fingerprint density at radius 1 is 1.32 bits per heavy atom. The van der Waals surface area contributed by atoms with Crippen molar-refractivity contribution in [2.45, 2.75) is 25.8 Å². The van der Waals surface area contributed by atoms with E-state index in [2.05, 4.69) is 15.1 Å². The molecule has 3 aromatic heterocycles. The van der Waals surface area contributed by atoms with E-state index >= 15 is 0 Å². The van der Waals surface area contributed by atoms with Crippen molar-refractivity contribution in [3.8, 4) is 5.75 Å². The largest absolute Gasteiger partial charge is 0.506 e. The van der Waals surface area contributed by atoms with Gasteiger partial charge in [0.05, 0.1) is 23.5 Å². The summed E-state index contributed by atoms with van der Waals surface area (Å²) in [6, 6.07) is 4.51. The van der Waals surface area contributed by atoms with Gasteiger partial charge in [-0.05, 0) is 25.8 Å². The molecule has 1 aliphatic rings. The Labute approximate surface area is 142 Å². The monoisotopic (exact) mass is 339 g/mol. The standard InChI is InChI=1S/C17H17N5O3/c1-10-5-16(24)22-15(19-10)7-13(20-22)14-3-2-4-21(14)17(25)11-6-12(23)9-18-8-11/h5-9,14,20,23H,2-4H2,1H3. The zero-order valence-electron chi connectivity index (χ0n) is 13.6. The molecule has 0 saturated carbocycles. The lowest BCUT2D eigenvalue weighted by molar-refractivity contribution is 0.0732. The van der Waals surface area contributed by atoms with Crippen LogP contribution in [0.3, 0.4) is 0 Å². The number of rotatable bonds is 2. The minimum Gasteiger partial charge on any atom is -0.506 e. The number of aryl methyl sites for hydroxylation is 1. The summed E-state index contributed by atoms with van der Waals surface area (Å²) < 4.78 is 1.39. The molecule has 1 fully saturated rings. The minimum absolute atomic E-state index is 0.0431. The minimum atomic E-state index is -0.193. The third-order valence-electron chi connectivity index (χ3n) is 4.44. The molecule has 1 aliphatic heterocycles. The van der Waals surface area contributed by atoms with Gasteiger partial charge in [0.1, 0.15) is 5.75 Å². The lowest BCUT2D eigenvalue weighted by atomic mass is 10.1. The van der Waals surface area contributed by atoms with Gasteiger partial charge in [-0.1, -0.05) is 0 Å². The Balaban J connectivity index is 1.71. The summed E-state index contributed by atoms with van der Waals surface area (Å²) in [5.41, 5.74) is 2.13. The highest BCUT2D eigenvalue weighted by atomic mass is 16.3. The molecule has 1 unspecified atom stereocenters. The number of amides is 1. The van der Waals surface area contributed by atoms with Crippen LogP contribution in [0.5, 0.6) is 5.75 Å². The van der Waals surface area contributed by atoms with Crippen molar-refractivity contribution < 1.29 is 9.90 Å². The number of fused-ring (bicyclic) bond motifs is 1. The van der Waals surface area contributed by atoms with Gasteiger partial charge in [0.2, 0.25) is 0 Å². The molecule has 0 aromatic carbocycles. The van der Waals surface area contributed by atoms with Crippen molar-refractivity contribution >= 4 is 11.6 Å². The van der Waals surface area contributed by atoms with Crippen LogP contribution in [0.2, 0.25) is 0 Å². The van der Waals surface area contributed by atoms with Crippen LogP contribution in [-0.2, 0) is 0 Å². The van der Waals surface area contributed by atoms with E-state index in [-0.39, 0.29) is 23.3 Å². The van der Waals surface area contributed by atoms with Crippen molar-refractivity contribution in [3.63, 3.8) is 0 Å². The van der Waals surface area contributed by atoms with Gasteiger partial charge in [-0.2, -0.15) is 0 Å². The lowest BCUT2D eigenvalue weighted by Crippen LogP contribution is -2.31. The Hall–Kier alpha value is -3.16. The first kappa shape index (κ1) is 15.4. The van der Waals surface area contributed by atoms with E-state index in [4.69, 9.17) is 0 Å². The number of aromatic hydroxyl groups is 1. The Kier molecular flexibility index (Phi) is 3.52. The van der Waals surface area contributed by atoms with Gasteiger partial charge < -0.3 is 10.0 Å². The van der Waals surface area contributed by atoms with E-state index in [1.54, 1.807) is 11.8 Å². The molecule has 0 bridgehead atoms. The maximum Gasteiger partial charge on any atom is 0.272 e. The fourth-order valence-electron chi connectivity index (χ4n) is 3.34. The van der Waals surface area contributed by atoms with E-state index < -0.39 is 0 Å². The van der Waals surface area contributed by atoms with E-state index in [0.717, 1.165) is 18.5 Å². The number of H-pyrrole nitrogens is 1. The number of carbonyl (C=O) groups excluding carboxylic acids is 1. The molecule has 2 N–H and O–H groups in total. The Morgan fingerprint density at radius 2 is 2.16 bits per heavy atom. The first-order valence-corrected chi connectivity index (χ1v) is 8.07. The molecule has 1 saturated heterocycles. The van der Waals surface area contributed by atoms with Gasteiger partial charge in [0.15, 0.2) is 5.65 Å². The highest BCUT2D eigenvalue weighted by Gasteiger charge is 2.32. The number of likely N-dealkylation sites (tertiary alicyclic amines) is 1. The topological polar surface area (TPSA) is 104 Å². The molecule has 4 rings (SSSR count). The maximum atomic E-state index is 12.8. The van der Waals surface area contributed by atoms with E-state index in [1.165, 1.54) is 29.0 Å². The highest BCUT2D eigenvalue weighted by Crippen LogP contribution is 2.32. The second-order valence-corrected chi connectivity index (χ2v) is 6.23. The van der Waals surface area contributed by atoms with Crippen molar-refractivity contribution in [1.82, 2.24) is 24.5 Å². The predicted octanol–water partition coefficient (Wildman–Crippen LogP) is 1.41. The number of carbonyl (C=O) groups is 1. The quantitative estimate of drug-likeness (QED) is 0.735.